The molecular formula is C19H14F5N5O. The largest absolute Gasteiger partial charge is 0.418 e. The second-order valence-corrected chi connectivity index (χ2v) is 6.08. The molecule has 1 aromatic carbocycles. The Hall–Kier alpha value is -3.63. The summed E-state index contributed by atoms with van der Waals surface area (Å²) < 4.78 is 67.4. The monoisotopic (exact) mass is 423 g/mol. The SMILES string of the molecule is O=C(Nc1cncnc1)N[C@@H](c1ccc(CF)c(F)c1)c1ncccc1C(F)(F)F. The third-order valence-electron chi connectivity index (χ3n) is 4.07. The van der Waals surface area contributed by atoms with Gasteiger partial charge in [-0.2, -0.15) is 13.2 Å². The minimum absolute atomic E-state index is 0.0478. The van der Waals surface area contributed by atoms with Crippen LogP contribution in [-0.2, 0) is 12.9 Å². The molecular weight excluding hydrogens is 409 g/mol. The summed E-state index contributed by atoms with van der Waals surface area (Å²) in [5.41, 5.74) is -1.77. The fraction of sp³-hybridized carbons (Fsp3) is 0.158. The topological polar surface area (TPSA) is 79.8 Å². The Kier molecular flexibility index (Phi) is 6.19. The molecule has 0 bridgehead atoms. The number of benzene rings is 1. The fourth-order valence-corrected chi connectivity index (χ4v) is 2.71. The summed E-state index contributed by atoms with van der Waals surface area (Å²) in [5.74, 6) is -0.955. The zero-order valence-electron chi connectivity index (χ0n) is 15.1. The van der Waals surface area contributed by atoms with Crippen LogP contribution < -0.4 is 10.6 Å². The number of urea groups is 1. The lowest BCUT2D eigenvalue weighted by Crippen LogP contribution is -2.35. The Labute approximate surface area is 167 Å². The van der Waals surface area contributed by atoms with Gasteiger partial charge in [-0.25, -0.2) is 23.5 Å². The van der Waals surface area contributed by atoms with Gasteiger partial charge in [-0.1, -0.05) is 12.1 Å². The van der Waals surface area contributed by atoms with Crippen molar-refractivity contribution in [3.05, 3.63) is 83.5 Å². The van der Waals surface area contributed by atoms with E-state index in [-0.39, 0.29) is 16.8 Å². The van der Waals surface area contributed by atoms with E-state index in [1.807, 2.05) is 0 Å². The van der Waals surface area contributed by atoms with Crippen molar-refractivity contribution in [2.75, 3.05) is 5.32 Å². The van der Waals surface area contributed by atoms with Crippen LogP contribution >= 0.6 is 0 Å². The lowest BCUT2D eigenvalue weighted by atomic mass is 9.97. The molecule has 2 heterocycles. The van der Waals surface area contributed by atoms with E-state index in [1.54, 1.807) is 0 Å². The van der Waals surface area contributed by atoms with Gasteiger partial charge in [0.25, 0.3) is 0 Å². The van der Waals surface area contributed by atoms with Crippen molar-refractivity contribution in [1.29, 1.82) is 0 Å². The molecule has 2 aromatic heterocycles. The number of nitrogens with one attached hydrogen (secondary N) is 2. The van der Waals surface area contributed by atoms with Crippen molar-refractivity contribution in [2.24, 2.45) is 0 Å². The highest BCUT2D eigenvalue weighted by Crippen LogP contribution is 2.35. The molecule has 0 unspecified atom stereocenters. The number of carbonyl (C=O) groups excluding carboxylic acids is 1. The first-order valence-corrected chi connectivity index (χ1v) is 8.48. The summed E-state index contributed by atoms with van der Waals surface area (Å²) in [6.07, 6.45) is 0.127. The van der Waals surface area contributed by atoms with Crippen molar-refractivity contribution in [2.45, 2.75) is 18.9 Å². The van der Waals surface area contributed by atoms with E-state index in [1.165, 1.54) is 24.8 Å². The molecule has 11 heteroatoms. The van der Waals surface area contributed by atoms with Crippen LogP contribution in [0.25, 0.3) is 0 Å². The van der Waals surface area contributed by atoms with Crippen LogP contribution in [0, 0.1) is 5.82 Å². The van der Waals surface area contributed by atoms with Crippen LogP contribution in [0.2, 0.25) is 0 Å². The summed E-state index contributed by atoms with van der Waals surface area (Å²) in [4.78, 5) is 23.6. The highest BCUT2D eigenvalue weighted by molar-refractivity contribution is 5.89. The lowest BCUT2D eigenvalue weighted by Gasteiger charge is -2.23. The predicted molar refractivity (Wildman–Crippen MR) is 96.5 cm³/mol. The number of pyridine rings is 1. The molecule has 0 aliphatic carbocycles. The van der Waals surface area contributed by atoms with Gasteiger partial charge in [0.2, 0.25) is 0 Å². The van der Waals surface area contributed by atoms with Gasteiger partial charge in [0.05, 0.1) is 35.4 Å². The molecule has 0 fully saturated rings. The van der Waals surface area contributed by atoms with Gasteiger partial charge >= 0.3 is 12.2 Å². The number of hydrogen-bond donors (Lipinski definition) is 2. The van der Waals surface area contributed by atoms with Gasteiger partial charge in [-0.15, -0.1) is 0 Å². The van der Waals surface area contributed by atoms with Gasteiger partial charge in [0.15, 0.2) is 0 Å². The Balaban J connectivity index is 2.02. The van der Waals surface area contributed by atoms with E-state index in [9.17, 15) is 26.7 Å². The highest BCUT2D eigenvalue weighted by atomic mass is 19.4. The molecule has 156 valence electrons. The van der Waals surface area contributed by atoms with E-state index in [4.69, 9.17) is 0 Å². The number of halogens is 5. The third kappa shape index (κ3) is 4.85. The van der Waals surface area contributed by atoms with Gasteiger partial charge < -0.3 is 10.6 Å². The average molecular weight is 423 g/mol. The molecule has 0 aliphatic rings. The number of anilines is 1. The Morgan fingerprint density at radius 2 is 1.87 bits per heavy atom. The second-order valence-electron chi connectivity index (χ2n) is 6.08. The maximum Gasteiger partial charge on any atom is 0.418 e. The van der Waals surface area contributed by atoms with Crippen molar-refractivity contribution in [3.63, 3.8) is 0 Å². The molecule has 1 atom stereocenters. The predicted octanol–water partition coefficient (Wildman–Crippen LogP) is 4.41. The van der Waals surface area contributed by atoms with Crippen LogP contribution in [0.15, 0.2) is 55.2 Å². The molecule has 30 heavy (non-hydrogen) atoms. The van der Waals surface area contributed by atoms with Gasteiger partial charge in [-0.05, 0) is 23.8 Å². The zero-order chi connectivity index (χ0) is 21.7. The first-order chi connectivity index (χ1) is 14.3. The summed E-state index contributed by atoms with van der Waals surface area (Å²) in [7, 11) is 0. The van der Waals surface area contributed by atoms with E-state index in [2.05, 4.69) is 25.6 Å². The van der Waals surface area contributed by atoms with E-state index in [0.717, 1.165) is 30.5 Å². The van der Waals surface area contributed by atoms with Crippen LogP contribution in [0.3, 0.4) is 0 Å². The minimum atomic E-state index is -4.77. The number of nitrogens with zero attached hydrogens (tertiary/aromatic N) is 3. The quantitative estimate of drug-likeness (QED) is 0.596. The fourth-order valence-electron chi connectivity index (χ4n) is 2.71. The van der Waals surface area contributed by atoms with Crippen molar-refractivity contribution >= 4 is 11.7 Å². The maximum absolute atomic E-state index is 14.1. The van der Waals surface area contributed by atoms with Crippen molar-refractivity contribution in [3.8, 4) is 0 Å². The summed E-state index contributed by atoms with van der Waals surface area (Å²) in [6.45, 7) is -1.09. The summed E-state index contributed by atoms with van der Waals surface area (Å²) in [5, 5.41) is 4.72. The zero-order valence-corrected chi connectivity index (χ0v) is 15.1. The summed E-state index contributed by atoms with van der Waals surface area (Å²) in [6, 6.07) is 2.70. The molecule has 0 saturated heterocycles. The smallest absolute Gasteiger partial charge is 0.325 e. The minimum Gasteiger partial charge on any atom is -0.325 e. The normalized spacial score (nSPS) is 12.3. The number of aromatic nitrogens is 3. The Morgan fingerprint density at radius 3 is 2.50 bits per heavy atom. The van der Waals surface area contributed by atoms with E-state index >= 15 is 0 Å². The molecule has 0 aliphatic heterocycles. The first-order valence-electron chi connectivity index (χ1n) is 8.48. The van der Waals surface area contributed by atoms with Gasteiger partial charge in [0.1, 0.15) is 18.8 Å². The first kappa shape index (κ1) is 21.1. The molecule has 0 spiro atoms. The Morgan fingerprint density at radius 1 is 1.13 bits per heavy atom. The third-order valence-corrected chi connectivity index (χ3v) is 4.07. The van der Waals surface area contributed by atoms with Crippen LogP contribution in [-0.4, -0.2) is 21.0 Å². The van der Waals surface area contributed by atoms with Gasteiger partial charge in [-0.3, -0.25) is 4.98 Å². The molecule has 3 rings (SSSR count). The van der Waals surface area contributed by atoms with Crippen molar-refractivity contribution < 1.29 is 26.7 Å². The molecule has 6 nitrogen and oxygen atoms in total. The van der Waals surface area contributed by atoms with Crippen LogP contribution in [0.1, 0.15) is 28.4 Å². The maximum atomic E-state index is 14.1. The molecule has 0 saturated carbocycles. The van der Waals surface area contributed by atoms with Gasteiger partial charge in [0, 0.05) is 11.8 Å². The highest BCUT2D eigenvalue weighted by Gasteiger charge is 2.37. The average Bonchev–Trinajstić information content (AvgIpc) is 2.72. The van der Waals surface area contributed by atoms with E-state index < -0.39 is 42.0 Å². The second kappa shape index (κ2) is 8.80. The number of hydrogen-bond acceptors (Lipinski definition) is 4. The van der Waals surface area contributed by atoms with Crippen LogP contribution in [0.5, 0.6) is 0 Å². The number of carbonyl (C=O) groups is 1. The number of rotatable bonds is 5. The molecule has 2 amide bonds. The van der Waals surface area contributed by atoms with Crippen LogP contribution in [0.4, 0.5) is 32.4 Å². The lowest BCUT2D eigenvalue weighted by molar-refractivity contribution is -0.138. The molecule has 2 N–H and O–H groups in total. The summed E-state index contributed by atoms with van der Waals surface area (Å²) >= 11 is 0. The standard InChI is InChI=1S/C19H14F5N5O/c20-7-12-4-3-11(6-15(12)21)16(17-14(19(22,23)24)2-1-5-27-17)29-18(30)28-13-8-25-10-26-9-13/h1-6,8-10,16H,7H2,(H2,28,29,30)/t16-/m0/s1. The number of alkyl halides is 4. The van der Waals surface area contributed by atoms with Crippen molar-refractivity contribution in [1.82, 2.24) is 20.3 Å². The molecule has 3 aromatic rings. The molecule has 0 radical (unpaired) electrons. The number of amides is 2. The van der Waals surface area contributed by atoms with E-state index in [0.29, 0.717) is 0 Å². The Bertz CT molecular complexity index is 1030.